The topological polar surface area (TPSA) is 65.7 Å². The molecule has 0 radical (unpaired) electrons. The van der Waals surface area contributed by atoms with E-state index in [1.165, 1.54) is 6.07 Å². The van der Waals surface area contributed by atoms with Crippen molar-refractivity contribution in [2.24, 2.45) is 4.99 Å². The minimum atomic E-state index is -0.244. The number of hydrogen-bond donors (Lipinski definition) is 2. The number of hydrogen-bond acceptors (Lipinski definition) is 4. The Labute approximate surface area is 154 Å². The van der Waals surface area contributed by atoms with Crippen molar-refractivity contribution in [3.8, 4) is 0 Å². The highest BCUT2D eigenvalue weighted by Crippen LogP contribution is 2.22. The van der Waals surface area contributed by atoms with E-state index in [2.05, 4.69) is 41.4 Å². The lowest BCUT2D eigenvalue weighted by Crippen LogP contribution is -2.36. The molecule has 0 saturated heterocycles. The van der Waals surface area contributed by atoms with E-state index in [1.54, 1.807) is 24.2 Å². The number of anilines is 1. The van der Waals surface area contributed by atoms with Crippen LogP contribution in [0, 0.1) is 5.82 Å². The maximum atomic E-state index is 14.0. The van der Waals surface area contributed by atoms with Gasteiger partial charge in [0.25, 0.3) is 0 Å². The highest BCUT2D eigenvalue weighted by molar-refractivity contribution is 5.79. The van der Waals surface area contributed by atoms with Gasteiger partial charge in [-0.1, -0.05) is 26.8 Å². The van der Waals surface area contributed by atoms with Crippen molar-refractivity contribution in [3.63, 3.8) is 0 Å². The lowest BCUT2D eigenvalue weighted by Gasteiger charge is -2.15. The van der Waals surface area contributed by atoms with Crippen LogP contribution in [0.3, 0.4) is 0 Å². The molecule has 0 fully saturated rings. The van der Waals surface area contributed by atoms with Crippen molar-refractivity contribution >= 4 is 11.6 Å². The largest absolute Gasteiger partial charge is 0.443 e. The maximum Gasteiger partial charge on any atom is 0.213 e. The third kappa shape index (κ3) is 5.21. The number of aromatic nitrogens is 1. The maximum absolute atomic E-state index is 14.0. The van der Waals surface area contributed by atoms with Gasteiger partial charge in [-0.2, -0.15) is 0 Å². The summed E-state index contributed by atoms with van der Waals surface area (Å²) in [5, 5.41) is 6.30. The molecule has 142 valence electrons. The van der Waals surface area contributed by atoms with Crippen LogP contribution in [-0.4, -0.2) is 32.1 Å². The number of nitrogens with one attached hydrogen (secondary N) is 2. The SMILES string of the molecule is CN=C(NCc1ccc(N(C)C)c(F)c1)NCc1ncc(C(C)(C)C)o1. The Kier molecular flexibility index (Phi) is 6.23. The first-order valence-corrected chi connectivity index (χ1v) is 8.56. The summed E-state index contributed by atoms with van der Waals surface area (Å²) in [6.45, 7) is 7.11. The average molecular weight is 361 g/mol. The van der Waals surface area contributed by atoms with Crippen molar-refractivity contribution in [1.29, 1.82) is 0 Å². The standard InChI is InChI=1S/C19H28FN5O/c1-19(2,3)16-11-22-17(26-16)12-24-18(21-4)23-10-13-7-8-15(25(5)6)14(20)9-13/h7-9,11H,10,12H2,1-6H3,(H2,21,23,24). The number of rotatable bonds is 5. The smallest absolute Gasteiger partial charge is 0.213 e. The number of nitrogens with zero attached hydrogens (tertiary/aromatic N) is 3. The van der Waals surface area contributed by atoms with E-state index in [4.69, 9.17) is 4.42 Å². The van der Waals surface area contributed by atoms with Gasteiger partial charge in [0.05, 0.1) is 18.4 Å². The molecule has 0 aliphatic carbocycles. The normalized spacial score (nSPS) is 12.2. The second-order valence-corrected chi connectivity index (χ2v) is 7.33. The molecule has 0 unspecified atom stereocenters. The van der Waals surface area contributed by atoms with E-state index in [0.29, 0.717) is 30.6 Å². The van der Waals surface area contributed by atoms with Crippen LogP contribution in [0.5, 0.6) is 0 Å². The van der Waals surface area contributed by atoms with Gasteiger partial charge < -0.3 is 20.0 Å². The van der Waals surface area contributed by atoms with Gasteiger partial charge >= 0.3 is 0 Å². The molecule has 7 heteroatoms. The fourth-order valence-corrected chi connectivity index (χ4v) is 2.33. The number of oxazole rings is 1. The quantitative estimate of drug-likeness (QED) is 0.633. The Morgan fingerprint density at radius 2 is 1.92 bits per heavy atom. The van der Waals surface area contributed by atoms with Crippen molar-refractivity contribution in [2.45, 2.75) is 39.3 Å². The van der Waals surface area contributed by atoms with Crippen LogP contribution < -0.4 is 15.5 Å². The molecule has 1 aromatic carbocycles. The van der Waals surface area contributed by atoms with E-state index in [1.807, 2.05) is 20.2 Å². The number of guanidine groups is 1. The summed E-state index contributed by atoms with van der Waals surface area (Å²) in [5.41, 5.74) is 1.32. The van der Waals surface area contributed by atoms with E-state index in [-0.39, 0.29) is 11.2 Å². The summed E-state index contributed by atoms with van der Waals surface area (Å²) >= 11 is 0. The zero-order chi connectivity index (χ0) is 19.3. The monoisotopic (exact) mass is 361 g/mol. The molecule has 0 bridgehead atoms. The summed E-state index contributed by atoms with van der Waals surface area (Å²) in [6, 6.07) is 5.19. The average Bonchev–Trinajstić information content (AvgIpc) is 3.04. The first-order valence-electron chi connectivity index (χ1n) is 8.56. The molecule has 2 aromatic rings. The Morgan fingerprint density at radius 3 is 2.46 bits per heavy atom. The zero-order valence-corrected chi connectivity index (χ0v) is 16.4. The number of aliphatic imine (C=N–C) groups is 1. The number of halogens is 1. The molecule has 0 saturated carbocycles. The van der Waals surface area contributed by atoms with Gasteiger partial charge in [0.15, 0.2) is 5.96 Å². The summed E-state index contributed by atoms with van der Waals surface area (Å²) in [7, 11) is 5.31. The van der Waals surface area contributed by atoms with Crippen LogP contribution in [-0.2, 0) is 18.5 Å². The molecule has 0 amide bonds. The third-order valence-corrected chi connectivity index (χ3v) is 3.88. The van der Waals surface area contributed by atoms with Crippen LogP contribution in [0.4, 0.5) is 10.1 Å². The molecular weight excluding hydrogens is 333 g/mol. The second kappa shape index (κ2) is 8.21. The predicted octanol–water partition coefficient (Wildman–Crippen LogP) is 3.04. The third-order valence-electron chi connectivity index (χ3n) is 3.88. The van der Waals surface area contributed by atoms with Gasteiger partial charge in [-0.3, -0.25) is 4.99 Å². The minimum Gasteiger partial charge on any atom is -0.443 e. The van der Waals surface area contributed by atoms with Gasteiger partial charge in [-0.25, -0.2) is 9.37 Å². The molecule has 6 nitrogen and oxygen atoms in total. The van der Waals surface area contributed by atoms with E-state index >= 15 is 0 Å². The Morgan fingerprint density at radius 1 is 1.23 bits per heavy atom. The van der Waals surface area contributed by atoms with Gasteiger partial charge in [0.1, 0.15) is 11.6 Å². The lowest BCUT2D eigenvalue weighted by molar-refractivity contribution is 0.379. The van der Waals surface area contributed by atoms with Crippen molar-refractivity contribution in [2.75, 3.05) is 26.0 Å². The first-order chi connectivity index (χ1) is 12.2. The van der Waals surface area contributed by atoms with Gasteiger partial charge in [0.2, 0.25) is 5.89 Å². The Balaban J connectivity index is 1.90. The summed E-state index contributed by atoms with van der Waals surface area (Å²) in [5.74, 6) is 1.79. The summed E-state index contributed by atoms with van der Waals surface area (Å²) in [4.78, 5) is 10.2. The highest BCUT2D eigenvalue weighted by atomic mass is 19.1. The Hall–Kier alpha value is -2.57. The molecule has 0 spiro atoms. The molecule has 2 rings (SSSR count). The van der Waals surface area contributed by atoms with Crippen molar-refractivity contribution < 1.29 is 8.81 Å². The lowest BCUT2D eigenvalue weighted by atomic mass is 9.94. The van der Waals surface area contributed by atoms with Crippen LogP contribution >= 0.6 is 0 Å². The van der Waals surface area contributed by atoms with Gasteiger partial charge in [-0.15, -0.1) is 0 Å². The van der Waals surface area contributed by atoms with Crippen LogP contribution in [0.25, 0.3) is 0 Å². The molecule has 0 aliphatic rings. The Bertz CT molecular complexity index is 762. The molecule has 0 atom stereocenters. The van der Waals surface area contributed by atoms with Crippen LogP contribution in [0.2, 0.25) is 0 Å². The van der Waals surface area contributed by atoms with E-state index < -0.39 is 0 Å². The molecule has 1 heterocycles. The predicted molar refractivity (Wildman–Crippen MR) is 103 cm³/mol. The zero-order valence-electron chi connectivity index (χ0n) is 16.4. The van der Waals surface area contributed by atoms with Gasteiger partial charge in [-0.05, 0) is 17.7 Å². The fourth-order valence-electron chi connectivity index (χ4n) is 2.33. The van der Waals surface area contributed by atoms with Gasteiger partial charge in [0, 0.05) is 33.1 Å². The van der Waals surface area contributed by atoms with Crippen molar-refractivity contribution in [3.05, 3.63) is 47.4 Å². The molecule has 2 N–H and O–H groups in total. The first kappa shape index (κ1) is 19.8. The van der Waals surface area contributed by atoms with Crippen LogP contribution in [0.15, 0.2) is 33.8 Å². The van der Waals surface area contributed by atoms with Crippen molar-refractivity contribution in [1.82, 2.24) is 15.6 Å². The van der Waals surface area contributed by atoms with E-state index in [0.717, 1.165) is 11.3 Å². The second-order valence-electron chi connectivity index (χ2n) is 7.33. The summed E-state index contributed by atoms with van der Waals surface area (Å²) in [6.07, 6.45) is 1.75. The molecule has 1 aromatic heterocycles. The summed E-state index contributed by atoms with van der Waals surface area (Å²) < 4.78 is 19.8. The van der Waals surface area contributed by atoms with Crippen LogP contribution in [0.1, 0.15) is 38.0 Å². The molecular formula is C19H28FN5O. The number of benzene rings is 1. The highest BCUT2D eigenvalue weighted by Gasteiger charge is 2.19. The molecule has 0 aliphatic heterocycles. The molecule has 26 heavy (non-hydrogen) atoms. The van der Waals surface area contributed by atoms with E-state index in [9.17, 15) is 4.39 Å². The fraction of sp³-hybridized carbons (Fsp3) is 0.474. The minimum absolute atomic E-state index is 0.0754.